The number of para-hydroxylation sites is 1. The zero-order chi connectivity index (χ0) is 24.3. The first kappa shape index (κ1) is 25.5. The average Bonchev–Trinajstić information content (AvgIpc) is 2.86. The molecule has 0 saturated carbocycles. The van der Waals surface area contributed by atoms with E-state index in [1.807, 2.05) is 43.3 Å². The molecule has 0 spiro atoms. The number of hydrogen-bond donors (Lipinski definition) is 1. The molecule has 178 valence electrons. The average molecular weight is 523 g/mol. The van der Waals surface area contributed by atoms with Crippen molar-refractivity contribution in [1.29, 1.82) is 0 Å². The highest BCUT2D eigenvalue weighted by Crippen LogP contribution is 2.27. The van der Waals surface area contributed by atoms with Crippen LogP contribution in [-0.4, -0.2) is 25.0 Å². The van der Waals surface area contributed by atoms with Crippen LogP contribution in [0.2, 0.25) is 0 Å². The molecule has 34 heavy (non-hydrogen) atoms. The lowest BCUT2D eigenvalue weighted by Crippen LogP contribution is -2.30. The number of amides is 2. The van der Waals surface area contributed by atoms with Crippen molar-refractivity contribution >= 4 is 39.1 Å². The molecule has 3 aromatic rings. The van der Waals surface area contributed by atoms with Crippen LogP contribution in [0.25, 0.3) is 0 Å². The van der Waals surface area contributed by atoms with Gasteiger partial charge >= 0.3 is 0 Å². The first-order valence-corrected chi connectivity index (χ1v) is 12.5. The molecule has 2 amide bonds. The molecule has 0 bridgehead atoms. The summed E-state index contributed by atoms with van der Waals surface area (Å²) in [5.41, 5.74) is 2.56. The molecular formula is C28H31BrN2O3. The number of nitrogens with zero attached hydrogens (tertiary/aromatic N) is 1. The monoisotopic (exact) mass is 522 g/mol. The van der Waals surface area contributed by atoms with Gasteiger partial charge < -0.3 is 15.0 Å². The number of anilines is 2. The van der Waals surface area contributed by atoms with Crippen molar-refractivity contribution in [3.8, 4) is 5.75 Å². The van der Waals surface area contributed by atoms with Gasteiger partial charge in [-0.1, -0.05) is 44.4 Å². The third-order valence-corrected chi connectivity index (χ3v) is 6.09. The van der Waals surface area contributed by atoms with Crippen molar-refractivity contribution in [3.05, 3.63) is 88.4 Å². The van der Waals surface area contributed by atoms with Gasteiger partial charge in [-0.2, -0.15) is 0 Å². The van der Waals surface area contributed by atoms with Crippen molar-refractivity contribution < 1.29 is 14.3 Å². The van der Waals surface area contributed by atoms with E-state index in [0.29, 0.717) is 30.0 Å². The van der Waals surface area contributed by atoms with Gasteiger partial charge in [0.2, 0.25) is 0 Å². The van der Waals surface area contributed by atoms with Crippen LogP contribution in [0.1, 0.15) is 60.2 Å². The minimum absolute atomic E-state index is 0.0826. The molecular weight excluding hydrogens is 492 g/mol. The number of unbranched alkanes of at least 4 members (excludes halogenated alkanes) is 3. The Hall–Kier alpha value is -3.12. The van der Waals surface area contributed by atoms with Crippen molar-refractivity contribution in [1.82, 2.24) is 0 Å². The van der Waals surface area contributed by atoms with Gasteiger partial charge in [0.1, 0.15) is 5.75 Å². The molecule has 0 aliphatic rings. The van der Waals surface area contributed by atoms with Gasteiger partial charge in [0.25, 0.3) is 11.8 Å². The lowest BCUT2D eigenvalue weighted by atomic mass is 10.1. The molecule has 3 rings (SSSR count). The van der Waals surface area contributed by atoms with Crippen LogP contribution in [-0.2, 0) is 0 Å². The van der Waals surface area contributed by atoms with Crippen molar-refractivity contribution in [2.45, 2.75) is 39.5 Å². The zero-order valence-corrected chi connectivity index (χ0v) is 21.3. The number of ether oxygens (including phenoxy) is 1. The molecule has 0 aliphatic carbocycles. The van der Waals surface area contributed by atoms with E-state index in [4.69, 9.17) is 4.74 Å². The summed E-state index contributed by atoms with van der Waals surface area (Å²) in [5, 5.41) is 2.89. The quantitative estimate of drug-likeness (QED) is 0.268. The number of nitrogens with one attached hydrogen (secondary N) is 1. The van der Waals surface area contributed by atoms with E-state index in [9.17, 15) is 9.59 Å². The summed E-state index contributed by atoms with van der Waals surface area (Å²) in [4.78, 5) is 27.4. The maximum absolute atomic E-state index is 12.9. The molecule has 0 unspecified atom stereocenters. The maximum atomic E-state index is 12.9. The van der Waals surface area contributed by atoms with Crippen LogP contribution in [0.15, 0.2) is 77.3 Å². The van der Waals surface area contributed by atoms with E-state index in [2.05, 4.69) is 28.2 Å². The van der Waals surface area contributed by atoms with Crippen LogP contribution in [0, 0.1) is 0 Å². The minimum Gasteiger partial charge on any atom is -0.492 e. The first-order valence-electron chi connectivity index (χ1n) is 11.7. The van der Waals surface area contributed by atoms with Gasteiger partial charge in [0.15, 0.2) is 0 Å². The van der Waals surface area contributed by atoms with E-state index in [-0.39, 0.29) is 11.8 Å². The van der Waals surface area contributed by atoms with Gasteiger partial charge in [0, 0.05) is 29.0 Å². The minimum atomic E-state index is -0.228. The summed E-state index contributed by atoms with van der Waals surface area (Å²) in [7, 11) is 0. The fraction of sp³-hybridized carbons (Fsp3) is 0.286. The highest BCUT2D eigenvalue weighted by molar-refractivity contribution is 9.10. The largest absolute Gasteiger partial charge is 0.492 e. The summed E-state index contributed by atoms with van der Waals surface area (Å²) >= 11 is 3.50. The van der Waals surface area contributed by atoms with Crippen molar-refractivity contribution in [3.63, 3.8) is 0 Å². The predicted octanol–water partition coefficient (Wildman–Crippen LogP) is 7.33. The predicted molar refractivity (Wildman–Crippen MR) is 142 cm³/mol. The topological polar surface area (TPSA) is 58.6 Å². The molecule has 5 nitrogen and oxygen atoms in total. The third kappa shape index (κ3) is 6.94. The summed E-state index contributed by atoms with van der Waals surface area (Å²) in [6.45, 7) is 5.35. The van der Waals surface area contributed by atoms with Gasteiger partial charge in [-0.25, -0.2) is 0 Å². The number of carbonyl (C=O) groups excluding carboxylic acids is 2. The number of halogens is 1. The number of rotatable bonds is 11. The molecule has 0 fully saturated rings. The Kier molecular flexibility index (Phi) is 9.71. The molecule has 0 heterocycles. The zero-order valence-electron chi connectivity index (χ0n) is 19.7. The lowest BCUT2D eigenvalue weighted by molar-refractivity contribution is 0.0987. The fourth-order valence-corrected chi connectivity index (χ4v) is 4.07. The SMILES string of the molecule is CCCCCCOc1ccc(C(=O)Nc2ccc(C(=O)N(CC)c3ccccc3)cc2)cc1Br. The number of hydrogen-bond acceptors (Lipinski definition) is 3. The van der Waals surface area contributed by atoms with Crippen molar-refractivity contribution in [2.75, 3.05) is 23.4 Å². The Morgan fingerprint density at radius 3 is 2.24 bits per heavy atom. The Bertz CT molecular complexity index is 1080. The van der Waals surface area contributed by atoms with Crippen LogP contribution in [0.5, 0.6) is 5.75 Å². The molecule has 3 aromatic carbocycles. The summed E-state index contributed by atoms with van der Waals surface area (Å²) in [5.74, 6) is 0.421. The van der Waals surface area contributed by atoms with Crippen LogP contribution in [0.4, 0.5) is 11.4 Å². The van der Waals surface area contributed by atoms with Gasteiger partial charge in [-0.15, -0.1) is 0 Å². The van der Waals surface area contributed by atoms with E-state index in [1.165, 1.54) is 12.8 Å². The molecule has 0 aliphatic heterocycles. The summed E-state index contributed by atoms with van der Waals surface area (Å²) in [6, 6.07) is 21.8. The standard InChI is InChI=1S/C28H31BrN2O3/c1-3-5-6-10-19-34-26-18-15-22(20-25(26)29)27(32)30-23-16-13-21(14-17-23)28(33)31(4-2)24-11-8-7-9-12-24/h7-9,11-18,20H,3-6,10,19H2,1-2H3,(H,30,32). The molecule has 6 heteroatoms. The molecule has 1 N–H and O–H groups in total. The first-order chi connectivity index (χ1) is 16.5. The molecule has 0 aromatic heterocycles. The Balaban J connectivity index is 1.60. The second kappa shape index (κ2) is 12.9. The van der Waals surface area contributed by atoms with Crippen LogP contribution < -0.4 is 15.0 Å². The van der Waals surface area contributed by atoms with Crippen molar-refractivity contribution in [2.24, 2.45) is 0 Å². The van der Waals surface area contributed by atoms with E-state index >= 15 is 0 Å². The third-order valence-electron chi connectivity index (χ3n) is 5.47. The van der Waals surface area contributed by atoms with Crippen LogP contribution in [0.3, 0.4) is 0 Å². The van der Waals surface area contributed by atoms with Gasteiger partial charge in [-0.3, -0.25) is 9.59 Å². The number of carbonyl (C=O) groups is 2. The lowest BCUT2D eigenvalue weighted by Gasteiger charge is -2.21. The Labute approximate surface area is 210 Å². The van der Waals surface area contributed by atoms with E-state index < -0.39 is 0 Å². The number of benzene rings is 3. The van der Waals surface area contributed by atoms with Gasteiger partial charge in [-0.05, 0) is 83.9 Å². The fourth-order valence-electron chi connectivity index (χ4n) is 3.58. The highest BCUT2D eigenvalue weighted by atomic mass is 79.9. The summed E-state index contributed by atoms with van der Waals surface area (Å²) in [6.07, 6.45) is 4.57. The van der Waals surface area contributed by atoms with Gasteiger partial charge in [0.05, 0.1) is 11.1 Å². The Morgan fingerprint density at radius 1 is 0.882 bits per heavy atom. The smallest absolute Gasteiger partial charge is 0.258 e. The Morgan fingerprint density at radius 2 is 1.59 bits per heavy atom. The van der Waals surface area contributed by atoms with Crippen LogP contribution >= 0.6 is 15.9 Å². The summed E-state index contributed by atoms with van der Waals surface area (Å²) < 4.78 is 6.57. The van der Waals surface area contributed by atoms with E-state index in [0.717, 1.165) is 28.8 Å². The molecule has 0 atom stereocenters. The van der Waals surface area contributed by atoms with E-state index in [1.54, 1.807) is 41.3 Å². The highest BCUT2D eigenvalue weighted by Gasteiger charge is 2.16. The normalized spacial score (nSPS) is 10.6. The molecule has 0 radical (unpaired) electrons. The maximum Gasteiger partial charge on any atom is 0.258 e. The molecule has 0 saturated heterocycles. The second-order valence-corrected chi connectivity index (χ2v) is 8.83. The second-order valence-electron chi connectivity index (χ2n) is 7.97.